The van der Waals surface area contributed by atoms with E-state index >= 15 is 0 Å². The number of aryl methyl sites for hydroxylation is 2. The molecule has 0 radical (unpaired) electrons. The van der Waals surface area contributed by atoms with Gasteiger partial charge in [-0.3, -0.25) is 0 Å². The summed E-state index contributed by atoms with van der Waals surface area (Å²) in [7, 11) is 0. The van der Waals surface area contributed by atoms with E-state index in [0.29, 0.717) is 17.8 Å². The Morgan fingerprint density at radius 1 is 1.59 bits per heavy atom. The van der Waals surface area contributed by atoms with Gasteiger partial charge in [0, 0.05) is 18.2 Å². The molecule has 3 heteroatoms. The molecule has 1 heterocycles. The minimum Gasteiger partial charge on any atom is -0.366 e. The van der Waals surface area contributed by atoms with E-state index < -0.39 is 0 Å². The summed E-state index contributed by atoms with van der Waals surface area (Å²) >= 11 is 0. The maximum absolute atomic E-state index is 9.12. The molecule has 0 fully saturated rings. The molecule has 0 bridgehead atoms. The van der Waals surface area contributed by atoms with Gasteiger partial charge in [0.2, 0.25) is 0 Å². The number of hydrogen-bond acceptors (Lipinski definition) is 3. The van der Waals surface area contributed by atoms with Crippen LogP contribution in [-0.4, -0.2) is 11.0 Å². The van der Waals surface area contributed by atoms with Crippen LogP contribution in [0.3, 0.4) is 0 Å². The van der Waals surface area contributed by atoms with E-state index in [1.165, 1.54) is 5.56 Å². The average Bonchev–Trinajstić information content (AvgIpc) is 2.75. The van der Waals surface area contributed by atoms with E-state index in [1.807, 2.05) is 13.0 Å². The average molecular weight is 225 g/mol. The second-order valence-electron chi connectivity index (χ2n) is 4.41. The fourth-order valence-electron chi connectivity index (χ4n) is 2.13. The lowest BCUT2D eigenvalue weighted by Gasteiger charge is -2.14. The molecule has 1 aromatic heterocycles. The van der Waals surface area contributed by atoms with Gasteiger partial charge in [-0.2, -0.15) is 5.26 Å². The zero-order valence-electron chi connectivity index (χ0n) is 9.95. The molecule has 0 saturated carbocycles. The van der Waals surface area contributed by atoms with Crippen molar-refractivity contribution in [3.8, 4) is 18.4 Å². The van der Waals surface area contributed by atoms with Crippen LogP contribution in [0.4, 0.5) is 5.82 Å². The highest BCUT2D eigenvalue weighted by atomic mass is 15.0. The summed E-state index contributed by atoms with van der Waals surface area (Å²) in [6.07, 6.45) is 9.08. The maximum Gasteiger partial charge on any atom is 0.144 e. The van der Waals surface area contributed by atoms with Crippen molar-refractivity contribution in [2.24, 2.45) is 0 Å². The van der Waals surface area contributed by atoms with Crippen LogP contribution in [0.5, 0.6) is 0 Å². The molecule has 1 aromatic rings. The normalized spacial score (nSPS) is 14.5. The Labute approximate surface area is 102 Å². The van der Waals surface area contributed by atoms with Crippen molar-refractivity contribution in [1.29, 1.82) is 5.26 Å². The van der Waals surface area contributed by atoms with Gasteiger partial charge in [0.15, 0.2) is 0 Å². The van der Waals surface area contributed by atoms with Gasteiger partial charge in [0.25, 0.3) is 0 Å². The van der Waals surface area contributed by atoms with Crippen molar-refractivity contribution in [2.45, 2.75) is 38.6 Å². The molecule has 17 heavy (non-hydrogen) atoms. The Balaban J connectivity index is 2.28. The van der Waals surface area contributed by atoms with Gasteiger partial charge >= 0.3 is 0 Å². The molecule has 3 nitrogen and oxygen atoms in total. The third-order valence-electron chi connectivity index (χ3n) is 2.98. The Hall–Kier alpha value is -2.00. The summed E-state index contributed by atoms with van der Waals surface area (Å²) in [5, 5.41) is 12.3. The van der Waals surface area contributed by atoms with Crippen molar-refractivity contribution >= 4 is 5.82 Å². The lowest BCUT2D eigenvalue weighted by atomic mass is 10.1. The lowest BCUT2D eigenvalue weighted by molar-refractivity contribution is 0.817. The van der Waals surface area contributed by atoms with Gasteiger partial charge in [-0.25, -0.2) is 4.98 Å². The highest BCUT2D eigenvalue weighted by molar-refractivity contribution is 5.55. The first-order chi connectivity index (χ1) is 8.24. The summed E-state index contributed by atoms with van der Waals surface area (Å²) in [6, 6.07) is 4.29. The second kappa shape index (κ2) is 4.89. The van der Waals surface area contributed by atoms with Crippen molar-refractivity contribution in [3.05, 3.63) is 22.9 Å². The summed E-state index contributed by atoms with van der Waals surface area (Å²) in [5.74, 6) is 3.28. The van der Waals surface area contributed by atoms with Crippen LogP contribution in [0.2, 0.25) is 0 Å². The number of terminal acetylenes is 1. The standard InChI is InChI=1S/C14H15N3/c1-3-5-10(2)16-14-12(9-15)8-11-6-4-7-13(11)17-14/h1,8,10H,4-7H2,2H3,(H,16,17). The lowest BCUT2D eigenvalue weighted by Crippen LogP contribution is -2.16. The molecule has 0 saturated heterocycles. The van der Waals surface area contributed by atoms with E-state index in [-0.39, 0.29) is 6.04 Å². The number of hydrogen-bond donors (Lipinski definition) is 1. The molecular formula is C14H15N3. The Kier molecular flexibility index (Phi) is 3.30. The first-order valence-corrected chi connectivity index (χ1v) is 5.87. The zero-order valence-corrected chi connectivity index (χ0v) is 9.95. The molecule has 86 valence electrons. The van der Waals surface area contributed by atoms with E-state index in [4.69, 9.17) is 11.7 Å². The number of aromatic nitrogens is 1. The van der Waals surface area contributed by atoms with Crippen molar-refractivity contribution in [1.82, 2.24) is 4.98 Å². The Morgan fingerprint density at radius 3 is 3.12 bits per heavy atom. The molecule has 0 spiro atoms. The third-order valence-corrected chi connectivity index (χ3v) is 2.98. The fourth-order valence-corrected chi connectivity index (χ4v) is 2.13. The largest absolute Gasteiger partial charge is 0.366 e. The van der Waals surface area contributed by atoms with Gasteiger partial charge in [0.1, 0.15) is 11.9 Å². The molecule has 1 aliphatic carbocycles. The van der Waals surface area contributed by atoms with Crippen LogP contribution >= 0.6 is 0 Å². The molecule has 1 unspecified atom stereocenters. The van der Waals surface area contributed by atoms with Crippen LogP contribution in [0.1, 0.15) is 36.6 Å². The van der Waals surface area contributed by atoms with Gasteiger partial charge in [-0.1, -0.05) is 0 Å². The fraction of sp³-hybridized carbons (Fsp3) is 0.429. The topological polar surface area (TPSA) is 48.7 Å². The molecule has 1 aliphatic rings. The van der Waals surface area contributed by atoms with Crippen LogP contribution in [-0.2, 0) is 12.8 Å². The summed E-state index contributed by atoms with van der Waals surface area (Å²) in [6.45, 7) is 2.00. The number of rotatable bonds is 3. The van der Waals surface area contributed by atoms with Crippen molar-refractivity contribution in [3.63, 3.8) is 0 Å². The number of nitrogens with one attached hydrogen (secondary N) is 1. The number of fused-ring (bicyclic) bond motifs is 1. The highest BCUT2D eigenvalue weighted by Gasteiger charge is 2.17. The molecule has 1 N–H and O–H groups in total. The predicted molar refractivity (Wildman–Crippen MR) is 67.5 cm³/mol. The molecule has 1 atom stereocenters. The van der Waals surface area contributed by atoms with E-state index in [1.54, 1.807) is 0 Å². The Bertz CT molecular complexity index is 505. The number of anilines is 1. The van der Waals surface area contributed by atoms with Gasteiger partial charge in [0.05, 0.1) is 5.56 Å². The molecule has 2 rings (SSSR count). The van der Waals surface area contributed by atoms with Gasteiger partial charge in [-0.15, -0.1) is 12.3 Å². The van der Waals surface area contributed by atoms with Crippen LogP contribution < -0.4 is 5.32 Å². The number of nitrogens with zero attached hydrogens (tertiary/aromatic N) is 2. The quantitative estimate of drug-likeness (QED) is 0.803. The first-order valence-electron chi connectivity index (χ1n) is 5.87. The first kappa shape index (κ1) is 11.5. The SMILES string of the molecule is C#CCC(C)Nc1nc2c(cc1C#N)CCC2. The smallest absolute Gasteiger partial charge is 0.144 e. The predicted octanol–water partition coefficient (Wildman–Crippen LogP) is 2.27. The molecule has 0 amide bonds. The van der Waals surface area contributed by atoms with Crippen LogP contribution in [0.25, 0.3) is 0 Å². The summed E-state index contributed by atoms with van der Waals surface area (Å²) in [5.41, 5.74) is 2.96. The number of pyridine rings is 1. The monoisotopic (exact) mass is 225 g/mol. The van der Waals surface area contributed by atoms with E-state index in [9.17, 15) is 0 Å². The summed E-state index contributed by atoms with van der Waals surface area (Å²) in [4.78, 5) is 4.54. The van der Waals surface area contributed by atoms with E-state index in [2.05, 4.69) is 22.3 Å². The van der Waals surface area contributed by atoms with Crippen molar-refractivity contribution < 1.29 is 0 Å². The van der Waals surface area contributed by atoms with E-state index in [0.717, 1.165) is 25.0 Å². The summed E-state index contributed by atoms with van der Waals surface area (Å²) < 4.78 is 0. The third kappa shape index (κ3) is 2.40. The second-order valence-corrected chi connectivity index (χ2v) is 4.41. The highest BCUT2D eigenvalue weighted by Crippen LogP contribution is 2.25. The zero-order chi connectivity index (χ0) is 12.3. The van der Waals surface area contributed by atoms with Crippen LogP contribution in [0.15, 0.2) is 6.07 Å². The Morgan fingerprint density at radius 2 is 2.41 bits per heavy atom. The number of nitriles is 1. The van der Waals surface area contributed by atoms with Gasteiger partial charge in [-0.05, 0) is 37.8 Å². The van der Waals surface area contributed by atoms with Crippen molar-refractivity contribution in [2.75, 3.05) is 5.32 Å². The molecule has 0 aliphatic heterocycles. The maximum atomic E-state index is 9.12. The minimum atomic E-state index is 0.138. The molecule has 0 aromatic carbocycles. The van der Waals surface area contributed by atoms with Crippen LogP contribution in [0, 0.1) is 23.7 Å². The van der Waals surface area contributed by atoms with Gasteiger partial charge < -0.3 is 5.32 Å². The molecular weight excluding hydrogens is 210 g/mol. The minimum absolute atomic E-state index is 0.138.